The van der Waals surface area contributed by atoms with E-state index in [1.807, 2.05) is 35.2 Å². The molecule has 3 heterocycles. The molecule has 1 fully saturated rings. The lowest BCUT2D eigenvalue weighted by Crippen LogP contribution is -2.49. The van der Waals surface area contributed by atoms with E-state index in [9.17, 15) is 9.59 Å². The normalized spacial score (nSPS) is 20.6. The Kier molecular flexibility index (Phi) is 5.40. The Morgan fingerprint density at radius 3 is 2.68 bits per heavy atom. The van der Waals surface area contributed by atoms with Crippen molar-refractivity contribution < 1.29 is 4.79 Å². The first kappa shape index (κ1) is 20.4. The van der Waals surface area contributed by atoms with E-state index >= 15 is 0 Å². The number of hydrogen-bond acceptors (Lipinski definition) is 5. The molecule has 1 aromatic carbocycles. The molecular formula is C24H28N4O2S. The second-order valence-electron chi connectivity index (χ2n) is 8.85. The van der Waals surface area contributed by atoms with Gasteiger partial charge in [-0.2, -0.15) is 0 Å². The highest BCUT2D eigenvalue weighted by molar-refractivity contribution is 7.18. The average molecular weight is 437 g/mol. The molecule has 0 radical (unpaired) electrons. The maximum Gasteiger partial charge on any atom is 0.259 e. The molecule has 1 aliphatic heterocycles. The van der Waals surface area contributed by atoms with Crippen molar-refractivity contribution in [1.29, 1.82) is 0 Å². The SMILES string of the molecule is C[C@H]1CCc2c(sc3nc([C@@H](C)N4CCN(C(=O)c5ccccc5)CC4)[nH]c(=O)c23)C1. The highest BCUT2D eigenvalue weighted by atomic mass is 32.1. The van der Waals surface area contributed by atoms with Gasteiger partial charge in [0.1, 0.15) is 10.7 Å². The predicted octanol–water partition coefficient (Wildman–Crippen LogP) is 3.63. The molecule has 5 rings (SSSR count). The molecule has 162 valence electrons. The van der Waals surface area contributed by atoms with Gasteiger partial charge in [0, 0.05) is 36.6 Å². The van der Waals surface area contributed by atoms with Crippen molar-refractivity contribution in [3.63, 3.8) is 0 Å². The number of nitrogens with one attached hydrogen (secondary N) is 1. The van der Waals surface area contributed by atoms with E-state index < -0.39 is 0 Å². The zero-order chi connectivity index (χ0) is 21.5. The largest absolute Gasteiger partial charge is 0.336 e. The van der Waals surface area contributed by atoms with Gasteiger partial charge in [0.15, 0.2) is 0 Å². The Morgan fingerprint density at radius 2 is 1.94 bits per heavy atom. The number of aryl methyl sites for hydroxylation is 1. The lowest BCUT2D eigenvalue weighted by Gasteiger charge is -2.37. The van der Waals surface area contributed by atoms with E-state index in [4.69, 9.17) is 4.98 Å². The van der Waals surface area contributed by atoms with Crippen molar-refractivity contribution in [1.82, 2.24) is 19.8 Å². The molecule has 7 heteroatoms. The van der Waals surface area contributed by atoms with Gasteiger partial charge in [-0.25, -0.2) is 4.98 Å². The van der Waals surface area contributed by atoms with Gasteiger partial charge < -0.3 is 9.88 Å². The summed E-state index contributed by atoms with van der Waals surface area (Å²) in [5, 5.41) is 0.807. The van der Waals surface area contributed by atoms with Crippen LogP contribution in [0.25, 0.3) is 10.2 Å². The van der Waals surface area contributed by atoms with Crippen LogP contribution in [0.15, 0.2) is 35.1 Å². The zero-order valence-electron chi connectivity index (χ0n) is 18.1. The molecule has 31 heavy (non-hydrogen) atoms. The summed E-state index contributed by atoms with van der Waals surface area (Å²) in [7, 11) is 0. The van der Waals surface area contributed by atoms with Crippen LogP contribution < -0.4 is 5.56 Å². The summed E-state index contributed by atoms with van der Waals surface area (Å²) in [4.78, 5) is 40.0. The number of hydrogen-bond donors (Lipinski definition) is 1. The quantitative estimate of drug-likeness (QED) is 0.681. The minimum absolute atomic E-state index is 0.00297. The molecule has 3 aromatic rings. The third-order valence-electron chi connectivity index (χ3n) is 6.75. The first-order valence-electron chi connectivity index (χ1n) is 11.1. The van der Waals surface area contributed by atoms with E-state index in [-0.39, 0.29) is 17.5 Å². The summed E-state index contributed by atoms with van der Waals surface area (Å²) in [6, 6.07) is 9.44. The topological polar surface area (TPSA) is 69.3 Å². The monoisotopic (exact) mass is 436 g/mol. The molecule has 1 amide bonds. The van der Waals surface area contributed by atoms with Crippen LogP contribution in [0, 0.1) is 5.92 Å². The van der Waals surface area contributed by atoms with Gasteiger partial charge in [0.2, 0.25) is 0 Å². The molecule has 0 saturated carbocycles. The van der Waals surface area contributed by atoms with Gasteiger partial charge in [-0.1, -0.05) is 25.1 Å². The van der Waals surface area contributed by atoms with Crippen LogP contribution in [0.1, 0.15) is 52.9 Å². The van der Waals surface area contributed by atoms with Gasteiger partial charge >= 0.3 is 0 Å². The maximum absolute atomic E-state index is 12.9. The Morgan fingerprint density at radius 1 is 1.19 bits per heavy atom. The first-order valence-corrected chi connectivity index (χ1v) is 12.0. The van der Waals surface area contributed by atoms with Gasteiger partial charge in [-0.3, -0.25) is 14.5 Å². The number of rotatable bonds is 3. The van der Waals surface area contributed by atoms with Crippen molar-refractivity contribution in [3.8, 4) is 0 Å². The van der Waals surface area contributed by atoms with Crippen molar-refractivity contribution in [3.05, 3.63) is 62.5 Å². The number of piperazine rings is 1. The number of amides is 1. The van der Waals surface area contributed by atoms with Crippen LogP contribution in [-0.4, -0.2) is 51.9 Å². The Bertz CT molecular complexity index is 1160. The third-order valence-corrected chi connectivity index (χ3v) is 7.90. The number of aromatic amines is 1. The maximum atomic E-state index is 12.9. The summed E-state index contributed by atoms with van der Waals surface area (Å²) >= 11 is 1.70. The van der Waals surface area contributed by atoms with Crippen molar-refractivity contribution in [2.45, 2.75) is 39.2 Å². The molecule has 6 nitrogen and oxygen atoms in total. The van der Waals surface area contributed by atoms with Crippen LogP contribution in [0.3, 0.4) is 0 Å². The molecule has 1 aliphatic carbocycles. The van der Waals surface area contributed by atoms with E-state index in [1.165, 1.54) is 10.4 Å². The minimum atomic E-state index is -0.00297. The third kappa shape index (κ3) is 3.81. The molecule has 1 saturated heterocycles. The standard InChI is InChI=1S/C24H28N4O2S/c1-15-8-9-18-19(14-15)31-23-20(18)22(29)25-21(26-23)16(2)27-10-12-28(13-11-27)24(30)17-6-4-3-5-7-17/h3-7,15-16H,8-14H2,1-2H3,(H,25,26,29)/t15-,16+/m0/s1. The number of aromatic nitrogens is 2. The number of nitrogens with zero attached hydrogens (tertiary/aromatic N) is 3. The first-order chi connectivity index (χ1) is 15.0. The van der Waals surface area contributed by atoms with Crippen molar-refractivity contribution in [2.75, 3.05) is 26.2 Å². The lowest BCUT2D eigenvalue weighted by molar-refractivity contribution is 0.0575. The number of carbonyl (C=O) groups excluding carboxylic acids is 1. The van der Waals surface area contributed by atoms with Gasteiger partial charge in [-0.05, 0) is 49.8 Å². The van der Waals surface area contributed by atoms with Crippen LogP contribution in [0.5, 0.6) is 0 Å². The molecule has 2 aromatic heterocycles. The van der Waals surface area contributed by atoms with Crippen LogP contribution in [0.2, 0.25) is 0 Å². The second kappa shape index (κ2) is 8.20. The number of benzene rings is 1. The average Bonchev–Trinajstić information content (AvgIpc) is 3.16. The lowest BCUT2D eigenvalue weighted by atomic mass is 9.89. The van der Waals surface area contributed by atoms with E-state index in [0.717, 1.165) is 54.0 Å². The molecule has 1 N–H and O–H groups in total. The molecule has 0 bridgehead atoms. The highest BCUT2D eigenvalue weighted by Gasteiger charge is 2.28. The summed E-state index contributed by atoms with van der Waals surface area (Å²) in [5.41, 5.74) is 1.95. The van der Waals surface area contributed by atoms with Crippen molar-refractivity contribution in [2.24, 2.45) is 5.92 Å². The van der Waals surface area contributed by atoms with Crippen LogP contribution >= 0.6 is 11.3 Å². The fourth-order valence-corrected chi connectivity index (χ4v) is 6.20. The van der Waals surface area contributed by atoms with Gasteiger partial charge in [0.25, 0.3) is 11.5 Å². The summed E-state index contributed by atoms with van der Waals surface area (Å²) in [6.45, 7) is 7.25. The van der Waals surface area contributed by atoms with E-state index in [1.54, 1.807) is 11.3 Å². The molecule has 2 atom stereocenters. The predicted molar refractivity (Wildman–Crippen MR) is 124 cm³/mol. The second-order valence-corrected chi connectivity index (χ2v) is 9.94. The minimum Gasteiger partial charge on any atom is -0.336 e. The molecular weight excluding hydrogens is 408 g/mol. The highest BCUT2D eigenvalue weighted by Crippen LogP contribution is 2.36. The zero-order valence-corrected chi connectivity index (χ0v) is 18.9. The Balaban J connectivity index is 1.32. The number of carbonyl (C=O) groups is 1. The smallest absolute Gasteiger partial charge is 0.259 e. The van der Waals surface area contributed by atoms with Crippen LogP contribution in [0.4, 0.5) is 0 Å². The number of fused-ring (bicyclic) bond motifs is 3. The van der Waals surface area contributed by atoms with Gasteiger partial charge in [0.05, 0.1) is 11.4 Å². The number of thiophene rings is 1. The molecule has 0 unspecified atom stereocenters. The van der Waals surface area contributed by atoms with E-state index in [2.05, 4.69) is 23.7 Å². The number of H-pyrrole nitrogens is 1. The fourth-order valence-electron chi connectivity index (χ4n) is 4.81. The Labute approximate surface area is 185 Å². The molecule has 2 aliphatic rings. The molecule has 0 spiro atoms. The van der Waals surface area contributed by atoms with Gasteiger partial charge in [-0.15, -0.1) is 11.3 Å². The summed E-state index contributed by atoms with van der Waals surface area (Å²) in [5.74, 6) is 1.49. The fraction of sp³-hybridized carbons (Fsp3) is 0.458. The van der Waals surface area contributed by atoms with Crippen molar-refractivity contribution >= 4 is 27.5 Å². The Hall–Kier alpha value is -2.51. The summed E-state index contributed by atoms with van der Waals surface area (Å²) in [6.07, 6.45) is 3.17. The van der Waals surface area contributed by atoms with Crippen LogP contribution in [-0.2, 0) is 12.8 Å². The summed E-state index contributed by atoms with van der Waals surface area (Å²) < 4.78 is 0. The van der Waals surface area contributed by atoms with E-state index in [0.29, 0.717) is 19.0 Å².